The smallest absolute Gasteiger partial charge is 0.407 e. The molecule has 0 bridgehead atoms. The molecule has 0 spiro atoms. The molecule has 2 aromatic rings. The summed E-state index contributed by atoms with van der Waals surface area (Å²) in [5.41, 5.74) is 3.02. The monoisotopic (exact) mass is 359 g/mol. The predicted octanol–water partition coefficient (Wildman–Crippen LogP) is 3.63. The van der Waals surface area contributed by atoms with E-state index in [1.807, 2.05) is 31.5 Å². The Morgan fingerprint density at radius 3 is 2.69 bits per heavy atom. The first-order valence-corrected chi connectivity index (χ1v) is 9.42. The summed E-state index contributed by atoms with van der Waals surface area (Å²) in [6.07, 6.45) is 4.21. The van der Waals surface area contributed by atoms with Crippen LogP contribution >= 0.6 is 0 Å². The van der Waals surface area contributed by atoms with Crippen LogP contribution in [0.25, 0.3) is 5.65 Å². The van der Waals surface area contributed by atoms with Crippen molar-refractivity contribution in [3.05, 3.63) is 23.5 Å². The Bertz CT molecular complexity index is 784. The lowest BCUT2D eigenvalue weighted by atomic mass is 10.1. The summed E-state index contributed by atoms with van der Waals surface area (Å²) in [7, 11) is 0. The van der Waals surface area contributed by atoms with Gasteiger partial charge in [0, 0.05) is 29.4 Å². The van der Waals surface area contributed by atoms with Crippen LogP contribution in [0.4, 0.5) is 10.6 Å². The molecule has 1 amide bonds. The van der Waals surface area contributed by atoms with Crippen molar-refractivity contribution in [3.63, 3.8) is 0 Å². The predicted molar refractivity (Wildman–Crippen MR) is 102 cm³/mol. The molecule has 1 saturated carbocycles. The van der Waals surface area contributed by atoms with Crippen molar-refractivity contribution in [2.75, 3.05) is 5.32 Å². The number of ether oxygens (including phenoxy) is 1. The summed E-state index contributed by atoms with van der Waals surface area (Å²) in [5.74, 6) is 1.31. The summed E-state index contributed by atoms with van der Waals surface area (Å²) in [6, 6.07) is 2.51. The number of nitrogens with one attached hydrogen (secondary N) is 2. The molecule has 1 aliphatic rings. The number of fused-ring (bicyclic) bond motifs is 1. The van der Waals surface area contributed by atoms with Gasteiger partial charge >= 0.3 is 6.09 Å². The van der Waals surface area contributed by atoms with E-state index in [2.05, 4.69) is 35.6 Å². The largest absolute Gasteiger partial charge is 0.447 e. The minimum absolute atomic E-state index is 0.104. The van der Waals surface area contributed by atoms with Gasteiger partial charge < -0.3 is 15.4 Å². The summed E-state index contributed by atoms with van der Waals surface area (Å²) >= 11 is 0. The lowest BCUT2D eigenvalue weighted by Crippen LogP contribution is -2.35. The van der Waals surface area contributed by atoms with Crippen LogP contribution in [0.1, 0.15) is 64.1 Å². The quantitative estimate of drug-likeness (QED) is 0.852. The average molecular weight is 359 g/mol. The highest BCUT2D eigenvalue weighted by atomic mass is 16.6. The Hall–Kier alpha value is -2.31. The van der Waals surface area contributed by atoms with E-state index in [1.54, 1.807) is 0 Å². The van der Waals surface area contributed by atoms with E-state index in [1.165, 1.54) is 0 Å². The fraction of sp³-hybridized carbons (Fsp3) is 0.632. The normalized spacial score (nSPS) is 20.1. The second kappa shape index (κ2) is 7.51. The van der Waals surface area contributed by atoms with Gasteiger partial charge in [-0.05, 0) is 46.0 Å². The maximum absolute atomic E-state index is 11.8. The molecule has 7 nitrogen and oxygen atoms in total. The van der Waals surface area contributed by atoms with Crippen LogP contribution in [-0.2, 0) is 4.74 Å². The third kappa shape index (κ3) is 4.08. The number of carbonyl (C=O) groups is 1. The molecule has 0 unspecified atom stereocenters. The molecule has 1 aliphatic carbocycles. The molecule has 0 saturated heterocycles. The Balaban J connectivity index is 1.71. The Morgan fingerprint density at radius 1 is 1.27 bits per heavy atom. The number of anilines is 1. The number of alkyl carbamates (subject to hydrolysis) is 1. The molecule has 0 aliphatic heterocycles. The molecule has 26 heavy (non-hydrogen) atoms. The van der Waals surface area contributed by atoms with E-state index in [4.69, 9.17) is 9.72 Å². The highest BCUT2D eigenvalue weighted by molar-refractivity contribution is 5.67. The highest BCUT2D eigenvalue weighted by Crippen LogP contribution is 2.26. The molecule has 142 valence electrons. The topological polar surface area (TPSA) is 80.5 Å². The maximum Gasteiger partial charge on any atom is 0.407 e. The zero-order valence-electron chi connectivity index (χ0n) is 16.2. The van der Waals surface area contributed by atoms with Crippen molar-refractivity contribution < 1.29 is 9.53 Å². The molecule has 0 radical (unpaired) electrons. The number of aryl methyl sites for hydroxylation is 1. The van der Waals surface area contributed by atoms with Gasteiger partial charge in [0.1, 0.15) is 5.82 Å². The third-order valence-corrected chi connectivity index (χ3v) is 4.71. The second-order valence-corrected chi connectivity index (χ2v) is 7.73. The van der Waals surface area contributed by atoms with Gasteiger partial charge in [-0.3, -0.25) is 0 Å². The van der Waals surface area contributed by atoms with Crippen molar-refractivity contribution in [3.8, 4) is 0 Å². The molecular weight excluding hydrogens is 330 g/mol. The SMILES string of the molecule is Cc1cnn2c(N[C@@H]3CC[C@@H](NC(=O)OC(C)C)C3)cc(C(C)C)nc12. The Morgan fingerprint density at radius 2 is 2.00 bits per heavy atom. The lowest BCUT2D eigenvalue weighted by molar-refractivity contribution is 0.112. The second-order valence-electron chi connectivity index (χ2n) is 7.73. The number of nitrogens with zero attached hydrogens (tertiary/aromatic N) is 3. The van der Waals surface area contributed by atoms with Gasteiger partial charge in [-0.25, -0.2) is 9.78 Å². The highest BCUT2D eigenvalue weighted by Gasteiger charge is 2.27. The van der Waals surface area contributed by atoms with Gasteiger partial charge in [0.05, 0.1) is 12.3 Å². The van der Waals surface area contributed by atoms with Gasteiger partial charge in [0.2, 0.25) is 0 Å². The van der Waals surface area contributed by atoms with Gasteiger partial charge in [0.25, 0.3) is 0 Å². The number of hydrogen-bond acceptors (Lipinski definition) is 5. The molecule has 2 N–H and O–H groups in total. The van der Waals surface area contributed by atoms with Crippen molar-refractivity contribution in [2.45, 2.75) is 78.0 Å². The molecule has 2 atom stereocenters. The molecule has 2 heterocycles. The Kier molecular flexibility index (Phi) is 5.34. The van der Waals surface area contributed by atoms with Crippen LogP contribution < -0.4 is 10.6 Å². The average Bonchev–Trinajstić information content (AvgIpc) is 3.13. The summed E-state index contributed by atoms with van der Waals surface area (Å²) in [5, 5.41) is 11.0. The first-order valence-electron chi connectivity index (χ1n) is 9.42. The molecule has 0 aromatic carbocycles. The van der Waals surface area contributed by atoms with Crippen molar-refractivity contribution in [2.24, 2.45) is 0 Å². The summed E-state index contributed by atoms with van der Waals surface area (Å²) in [4.78, 5) is 16.5. The van der Waals surface area contributed by atoms with Crippen molar-refractivity contribution in [1.82, 2.24) is 19.9 Å². The zero-order valence-corrected chi connectivity index (χ0v) is 16.2. The molecule has 1 fully saturated rings. The van der Waals surface area contributed by atoms with Gasteiger partial charge in [0.15, 0.2) is 5.65 Å². The number of aromatic nitrogens is 3. The van der Waals surface area contributed by atoms with E-state index in [0.717, 1.165) is 42.0 Å². The number of carbonyl (C=O) groups excluding carboxylic acids is 1. The summed E-state index contributed by atoms with van der Waals surface area (Å²) in [6.45, 7) is 10.0. The standard InChI is InChI=1S/C19H29N5O2/c1-11(2)16-9-17(24-18(23-16)13(5)10-20-24)21-14-6-7-15(8-14)22-19(25)26-12(3)4/h9-12,14-15,21H,6-8H2,1-5H3,(H,22,25)/t14-,15-/m1/s1. The minimum Gasteiger partial charge on any atom is -0.447 e. The third-order valence-electron chi connectivity index (χ3n) is 4.71. The van der Waals surface area contributed by atoms with E-state index in [9.17, 15) is 4.79 Å². The van der Waals surface area contributed by atoms with Crippen molar-refractivity contribution in [1.29, 1.82) is 0 Å². The van der Waals surface area contributed by atoms with E-state index in [-0.39, 0.29) is 24.3 Å². The molecule has 7 heteroatoms. The fourth-order valence-corrected chi connectivity index (χ4v) is 3.36. The fourth-order valence-electron chi connectivity index (χ4n) is 3.36. The van der Waals surface area contributed by atoms with Crippen LogP contribution in [0.15, 0.2) is 12.3 Å². The maximum atomic E-state index is 11.8. The number of rotatable bonds is 5. The first-order chi connectivity index (χ1) is 12.3. The molecule has 2 aromatic heterocycles. The van der Waals surface area contributed by atoms with Crippen LogP contribution in [0, 0.1) is 6.92 Å². The molecular formula is C19H29N5O2. The molecule has 3 rings (SSSR count). The van der Waals surface area contributed by atoms with Gasteiger partial charge in [-0.15, -0.1) is 0 Å². The van der Waals surface area contributed by atoms with Crippen molar-refractivity contribution >= 4 is 17.6 Å². The van der Waals surface area contributed by atoms with E-state index >= 15 is 0 Å². The lowest BCUT2D eigenvalue weighted by Gasteiger charge is -2.18. The van der Waals surface area contributed by atoms with E-state index in [0.29, 0.717) is 5.92 Å². The Labute approximate surface area is 154 Å². The van der Waals surface area contributed by atoms with Crippen LogP contribution in [0.3, 0.4) is 0 Å². The zero-order chi connectivity index (χ0) is 18.8. The van der Waals surface area contributed by atoms with Crippen LogP contribution in [0.2, 0.25) is 0 Å². The van der Waals surface area contributed by atoms with Crippen LogP contribution in [-0.4, -0.2) is 38.9 Å². The number of amides is 1. The van der Waals surface area contributed by atoms with Gasteiger partial charge in [-0.1, -0.05) is 13.8 Å². The van der Waals surface area contributed by atoms with Gasteiger partial charge in [-0.2, -0.15) is 9.61 Å². The minimum atomic E-state index is -0.332. The van der Waals surface area contributed by atoms with E-state index < -0.39 is 0 Å². The van der Waals surface area contributed by atoms with Crippen LogP contribution in [0.5, 0.6) is 0 Å². The first kappa shape index (κ1) is 18.5. The summed E-state index contributed by atoms with van der Waals surface area (Å²) < 4.78 is 7.05. The number of hydrogen-bond donors (Lipinski definition) is 2.